The summed E-state index contributed by atoms with van der Waals surface area (Å²) >= 11 is 3.48. The first-order valence-corrected chi connectivity index (χ1v) is 16.5. The molecule has 0 bridgehead atoms. The maximum absolute atomic E-state index is 14.2. The van der Waals surface area contributed by atoms with Gasteiger partial charge < -0.3 is 20.1 Å². The zero-order chi connectivity index (χ0) is 33.4. The van der Waals surface area contributed by atoms with Gasteiger partial charge in [0.1, 0.15) is 11.4 Å². The number of nitrogens with zero attached hydrogens (tertiary/aromatic N) is 5. The van der Waals surface area contributed by atoms with Crippen molar-refractivity contribution < 1.29 is 19.4 Å². The highest BCUT2D eigenvalue weighted by molar-refractivity contribution is 9.10. The molecule has 0 saturated heterocycles. The summed E-state index contributed by atoms with van der Waals surface area (Å²) in [6, 6.07) is 21.0. The number of aromatic nitrogens is 4. The highest BCUT2D eigenvalue weighted by Gasteiger charge is 2.37. The number of halogens is 1. The van der Waals surface area contributed by atoms with Gasteiger partial charge >= 0.3 is 5.69 Å². The molecular formula is C36H33BrN6O5. The van der Waals surface area contributed by atoms with E-state index >= 15 is 0 Å². The molecule has 0 spiro atoms. The number of ether oxygens (including phenoxy) is 1. The number of aliphatic hydroxyl groups is 1. The molecule has 1 fully saturated rings. The zero-order valence-corrected chi connectivity index (χ0v) is 27.8. The summed E-state index contributed by atoms with van der Waals surface area (Å²) in [7, 11) is 0. The predicted octanol–water partition coefficient (Wildman–Crippen LogP) is 4.66. The highest BCUT2D eigenvalue weighted by atomic mass is 79.9. The van der Waals surface area contributed by atoms with E-state index in [1.54, 1.807) is 60.9 Å². The quantitative estimate of drug-likeness (QED) is 0.228. The van der Waals surface area contributed by atoms with E-state index < -0.39 is 17.6 Å². The van der Waals surface area contributed by atoms with Crippen molar-refractivity contribution in [1.29, 1.82) is 0 Å². The van der Waals surface area contributed by atoms with Crippen molar-refractivity contribution in [3.05, 3.63) is 128 Å². The van der Waals surface area contributed by atoms with Crippen LogP contribution in [0.3, 0.4) is 0 Å². The van der Waals surface area contributed by atoms with Crippen LogP contribution < -0.4 is 15.7 Å². The Morgan fingerprint density at radius 2 is 1.77 bits per heavy atom. The Morgan fingerprint density at radius 1 is 1.02 bits per heavy atom. The minimum absolute atomic E-state index is 0.0241. The first-order valence-electron chi connectivity index (χ1n) is 15.8. The van der Waals surface area contributed by atoms with Crippen molar-refractivity contribution in [1.82, 2.24) is 29.3 Å². The second-order valence-corrected chi connectivity index (χ2v) is 12.8. The fourth-order valence-electron chi connectivity index (χ4n) is 5.99. The number of hydrogen-bond acceptors (Lipinski definition) is 7. The van der Waals surface area contributed by atoms with Crippen LogP contribution >= 0.6 is 15.9 Å². The number of amides is 2. The van der Waals surface area contributed by atoms with Crippen LogP contribution in [0.4, 0.5) is 0 Å². The molecule has 0 unspecified atom stereocenters. The molecule has 1 saturated carbocycles. The number of rotatable bonds is 9. The summed E-state index contributed by atoms with van der Waals surface area (Å²) < 4.78 is 9.65. The number of nitrogens with one attached hydrogen (secondary N) is 1. The third-order valence-electron chi connectivity index (χ3n) is 8.68. The normalized spacial score (nSPS) is 15.6. The molecule has 3 aromatic carbocycles. The van der Waals surface area contributed by atoms with Crippen molar-refractivity contribution in [2.24, 2.45) is 0 Å². The van der Waals surface area contributed by atoms with Gasteiger partial charge in [-0.3, -0.25) is 18.7 Å². The lowest BCUT2D eigenvalue weighted by Gasteiger charge is -2.35. The SMILES string of the molecule is Cc1cc(C(=O)N2Cc3c(C(=O)NCc4ccccc4-c4ncccn4)n(-c4ccc(OC5CC5)cc4)c(=O)n3C[C@H]2CO)ccc1Br. The van der Waals surface area contributed by atoms with Gasteiger partial charge in [0.25, 0.3) is 11.8 Å². The molecule has 1 atom stereocenters. The Morgan fingerprint density at radius 3 is 2.48 bits per heavy atom. The molecule has 11 nitrogen and oxygen atoms in total. The van der Waals surface area contributed by atoms with E-state index in [1.165, 1.54) is 14.0 Å². The largest absolute Gasteiger partial charge is 0.490 e. The van der Waals surface area contributed by atoms with Crippen molar-refractivity contribution >= 4 is 27.7 Å². The number of carbonyl (C=O) groups excluding carboxylic acids is 2. The second kappa shape index (κ2) is 13.2. The van der Waals surface area contributed by atoms with E-state index in [4.69, 9.17) is 4.74 Å². The van der Waals surface area contributed by atoms with E-state index in [9.17, 15) is 19.5 Å². The molecule has 12 heteroatoms. The molecule has 244 valence electrons. The summed E-state index contributed by atoms with van der Waals surface area (Å²) in [4.78, 5) is 52.5. The van der Waals surface area contributed by atoms with Crippen molar-refractivity contribution in [3.8, 4) is 22.8 Å². The van der Waals surface area contributed by atoms with Crippen molar-refractivity contribution in [2.45, 2.75) is 51.5 Å². The van der Waals surface area contributed by atoms with E-state index in [1.807, 2.05) is 31.2 Å². The van der Waals surface area contributed by atoms with Crippen LogP contribution in [-0.4, -0.2) is 59.7 Å². The Hall–Kier alpha value is -5.07. The Kier molecular flexibility index (Phi) is 8.67. The second-order valence-electron chi connectivity index (χ2n) is 12.0. The van der Waals surface area contributed by atoms with Gasteiger partial charge in [-0.05, 0) is 79.4 Å². The fraction of sp³-hybridized carbons (Fsp3) is 0.250. The van der Waals surface area contributed by atoms with Crippen LogP contribution in [0.2, 0.25) is 0 Å². The number of hydrogen-bond donors (Lipinski definition) is 2. The number of imidazole rings is 1. The first-order chi connectivity index (χ1) is 23.3. The molecule has 1 aliphatic carbocycles. The van der Waals surface area contributed by atoms with Gasteiger partial charge in [0, 0.05) is 34.5 Å². The van der Waals surface area contributed by atoms with E-state index in [2.05, 4.69) is 31.2 Å². The van der Waals surface area contributed by atoms with Crippen LogP contribution in [0.5, 0.6) is 5.75 Å². The number of carbonyl (C=O) groups is 2. The van der Waals surface area contributed by atoms with Gasteiger partial charge in [0.05, 0.1) is 43.2 Å². The number of aryl methyl sites for hydroxylation is 1. The lowest BCUT2D eigenvalue weighted by molar-refractivity contribution is 0.0469. The topological polar surface area (TPSA) is 132 Å². The molecule has 1 aliphatic heterocycles. The van der Waals surface area contributed by atoms with Crippen LogP contribution in [0.15, 0.2) is 94.5 Å². The Balaban J connectivity index is 1.27. The molecule has 0 radical (unpaired) electrons. The van der Waals surface area contributed by atoms with Crippen LogP contribution in [-0.2, 0) is 19.6 Å². The summed E-state index contributed by atoms with van der Waals surface area (Å²) in [5, 5.41) is 13.4. The molecule has 2 amide bonds. The maximum Gasteiger partial charge on any atom is 0.333 e. The summed E-state index contributed by atoms with van der Waals surface area (Å²) in [5.41, 5.74) is 3.44. The minimum Gasteiger partial charge on any atom is -0.490 e. The minimum atomic E-state index is -0.675. The van der Waals surface area contributed by atoms with Gasteiger partial charge in [-0.2, -0.15) is 0 Å². The van der Waals surface area contributed by atoms with Crippen LogP contribution in [0.1, 0.15) is 50.5 Å². The number of aliphatic hydroxyl groups excluding tert-OH is 1. The van der Waals surface area contributed by atoms with Gasteiger partial charge in [-0.1, -0.05) is 40.2 Å². The third-order valence-corrected chi connectivity index (χ3v) is 9.57. The van der Waals surface area contributed by atoms with Crippen LogP contribution in [0, 0.1) is 6.92 Å². The van der Waals surface area contributed by atoms with Crippen molar-refractivity contribution in [3.63, 3.8) is 0 Å². The Bertz CT molecular complexity index is 2060. The number of benzene rings is 3. The van der Waals surface area contributed by atoms with Gasteiger partial charge in [0.2, 0.25) is 0 Å². The standard InChI is InChI=1S/C36H33BrN6O5/c1-22-17-23(7-14-30(22)37)35(46)41-20-31-32(34(45)40-18-24-5-2-3-6-29(24)33-38-15-4-16-39-33)43(36(47)42(31)19-26(41)21-44)25-8-10-27(11-9-25)48-28-12-13-28/h2-11,14-17,26,28,44H,12-13,18-21H2,1H3,(H,40,45)/t26-/m0/s1. The average Bonchev–Trinajstić information content (AvgIpc) is 3.89. The predicted molar refractivity (Wildman–Crippen MR) is 182 cm³/mol. The van der Waals surface area contributed by atoms with E-state index in [0.29, 0.717) is 28.5 Å². The van der Waals surface area contributed by atoms with Crippen LogP contribution in [0.25, 0.3) is 17.1 Å². The fourth-order valence-corrected chi connectivity index (χ4v) is 6.24. The molecular weight excluding hydrogens is 676 g/mol. The summed E-state index contributed by atoms with van der Waals surface area (Å²) in [5.74, 6) is 0.422. The van der Waals surface area contributed by atoms with Gasteiger partial charge in [-0.15, -0.1) is 0 Å². The monoisotopic (exact) mass is 708 g/mol. The van der Waals surface area contributed by atoms with Gasteiger partial charge in [-0.25, -0.2) is 14.8 Å². The average molecular weight is 710 g/mol. The highest BCUT2D eigenvalue weighted by Crippen LogP contribution is 2.29. The maximum atomic E-state index is 14.2. The van der Waals surface area contributed by atoms with Gasteiger partial charge in [0.15, 0.2) is 5.82 Å². The molecule has 5 aromatic rings. The molecule has 2 aromatic heterocycles. The Labute approximate surface area is 285 Å². The molecule has 3 heterocycles. The molecule has 2 aliphatic rings. The van der Waals surface area contributed by atoms with E-state index in [-0.39, 0.29) is 43.9 Å². The van der Waals surface area contributed by atoms with Crippen molar-refractivity contribution in [2.75, 3.05) is 6.61 Å². The molecule has 48 heavy (non-hydrogen) atoms. The molecule has 7 rings (SSSR count). The third kappa shape index (κ3) is 6.16. The smallest absolute Gasteiger partial charge is 0.333 e. The number of fused-ring (bicyclic) bond motifs is 1. The lowest BCUT2D eigenvalue weighted by atomic mass is 10.1. The van der Waals surface area contributed by atoms with E-state index in [0.717, 1.165) is 34.0 Å². The summed E-state index contributed by atoms with van der Waals surface area (Å²) in [6.07, 6.45) is 5.55. The lowest BCUT2D eigenvalue weighted by Crippen LogP contribution is -2.50. The molecule has 2 N–H and O–H groups in total. The zero-order valence-electron chi connectivity index (χ0n) is 26.2. The first kappa shape index (κ1) is 31.5. The summed E-state index contributed by atoms with van der Waals surface area (Å²) in [6.45, 7) is 1.65.